The fraction of sp³-hybridized carbons (Fsp3) is 0.455. The lowest BCUT2D eigenvalue weighted by atomic mass is 10.0. The Balaban J connectivity index is 3.50. The van der Waals surface area contributed by atoms with Crippen molar-refractivity contribution in [2.45, 2.75) is 24.7 Å². The van der Waals surface area contributed by atoms with E-state index in [-0.39, 0.29) is 22.3 Å². The minimum atomic E-state index is -3.64. The molecule has 0 radical (unpaired) electrons. The van der Waals surface area contributed by atoms with Crippen LogP contribution in [0.3, 0.4) is 0 Å². The number of sulfonamides is 1. The Hall–Kier alpha value is -1.27. The SMILES string of the molecule is CNS(=O)(=O)c1cc(O)c(C(C)C)cc1OC. The quantitative estimate of drug-likeness (QED) is 0.857. The summed E-state index contributed by atoms with van der Waals surface area (Å²) in [4.78, 5) is -0.0654. The molecule has 0 saturated carbocycles. The van der Waals surface area contributed by atoms with E-state index in [0.717, 1.165) is 0 Å². The topological polar surface area (TPSA) is 75.6 Å². The first kappa shape index (κ1) is 13.8. The molecule has 0 aromatic heterocycles. The van der Waals surface area contributed by atoms with Crippen LogP contribution in [0.2, 0.25) is 0 Å². The second kappa shape index (κ2) is 4.93. The molecule has 2 N–H and O–H groups in total. The molecule has 17 heavy (non-hydrogen) atoms. The highest BCUT2D eigenvalue weighted by Crippen LogP contribution is 2.34. The molecule has 1 rings (SSSR count). The fourth-order valence-electron chi connectivity index (χ4n) is 1.51. The molecule has 0 amide bonds. The van der Waals surface area contributed by atoms with Gasteiger partial charge in [-0.05, 0) is 19.0 Å². The summed E-state index contributed by atoms with van der Waals surface area (Å²) in [5.74, 6) is 0.255. The average molecular weight is 259 g/mol. The van der Waals surface area contributed by atoms with Crippen LogP contribution < -0.4 is 9.46 Å². The van der Waals surface area contributed by atoms with Crippen LogP contribution in [0.25, 0.3) is 0 Å². The van der Waals surface area contributed by atoms with Crippen LogP contribution >= 0.6 is 0 Å². The second-order valence-corrected chi connectivity index (χ2v) is 5.78. The summed E-state index contributed by atoms with van der Waals surface area (Å²) >= 11 is 0. The molecule has 0 aliphatic heterocycles. The zero-order valence-corrected chi connectivity index (χ0v) is 11.1. The Morgan fingerprint density at radius 2 is 1.94 bits per heavy atom. The summed E-state index contributed by atoms with van der Waals surface area (Å²) in [6.45, 7) is 3.81. The number of nitrogens with one attached hydrogen (secondary N) is 1. The summed E-state index contributed by atoms with van der Waals surface area (Å²) in [6.07, 6.45) is 0. The lowest BCUT2D eigenvalue weighted by Gasteiger charge is -2.14. The molecule has 0 aliphatic carbocycles. The van der Waals surface area contributed by atoms with Gasteiger partial charge in [0.1, 0.15) is 16.4 Å². The van der Waals surface area contributed by atoms with Gasteiger partial charge in [0.05, 0.1) is 7.11 Å². The van der Waals surface area contributed by atoms with Crippen molar-refractivity contribution in [2.24, 2.45) is 0 Å². The second-order valence-electron chi connectivity index (χ2n) is 3.92. The molecule has 96 valence electrons. The first-order valence-electron chi connectivity index (χ1n) is 5.18. The number of hydrogen-bond acceptors (Lipinski definition) is 4. The van der Waals surface area contributed by atoms with E-state index in [0.29, 0.717) is 5.56 Å². The van der Waals surface area contributed by atoms with Gasteiger partial charge >= 0.3 is 0 Å². The van der Waals surface area contributed by atoms with Crippen LogP contribution in [0, 0.1) is 0 Å². The van der Waals surface area contributed by atoms with Crippen molar-refractivity contribution in [1.29, 1.82) is 0 Å². The van der Waals surface area contributed by atoms with Gasteiger partial charge in [0.15, 0.2) is 0 Å². The predicted molar refractivity (Wildman–Crippen MR) is 65.0 cm³/mol. The number of hydrogen-bond donors (Lipinski definition) is 2. The minimum Gasteiger partial charge on any atom is -0.508 e. The highest BCUT2D eigenvalue weighted by Gasteiger charge is 2.21. The molecule has 0 fully saturated rings. The summed E-state index contributed by atoms with van der Waals surface area (Å²) in [5.41, 5.74) is 0.650. The summed E-state index contributed by atoms with van der Waals surface area (Å²) in [5, 5.41) is 9.79. The first-order valence-corrected chi connectivity index (χ1v) is 6.66. The number of rotatable bonds is 4. The molecule has 1 aromatic carbocycles. The molecule has 1 aromatic rings. The first-order chi connectivity index (χ1) is 7.83. The van der Waals surface area contributed by atoms with Crippen LogP contribution in [-0.4, -0.2) is 27.7 Å². The van der Waals surface area contributed by atoms with E-state index in [1.807, 2.05) is 13.8 Å². The number of methoxy groups -OCH3 is 1. The van der Waals surface area contributed by atoms with E-state index in [4.69, 9.17) is 4.74 Å². The molecule has 0 unspecified atom stereocenters. The van der Waals surface area contributed by atoms with Crippen molar-refractivity contribution < 1.29 is 18.3 Å². The van der Waals surface area contributed by atoms with Gasteiger partial charge in [-0.1, -0.05) is 13.8 Å². The molecular weight excluding hydrogens is 242 g/mol. The lowest BCUT2D eigenvalue weighted by molar-refractivity contribution is 0.396. The number of ether oxygens (including phenoxy) is 1. The number of phenolic OH excluding ortho intramolecular Hbond substituents is 1. The Morgan fingerprint density at radius 1 is 1.35 bits per heavy atom. The van der Waals surface area contributed by atoms with Crippen molar-refractivity contribution in [3.8, 4) is 11.5 Å². The highest BCUT2D eigenvalue weighted by molar-refractivity contribution is 7.89. The third-order valence-corrected chi connectivity index (χ3v) is 3.93. The maximum Gasteiger partial charge on any atom is 0.244 e. The third kappa shape index (κ3) is 2.70. The Bertz CT molecular complexity index is 508. The number of phenols is 1. The van der Waals surface area contributed by atoms with E-state index >= 15 is 0 Å². The van der Waals surface area contributed by atoms with Crippen molar-refractivity contribution >= 4 is 10.0 Å². The number of benzene rings is 1. The monoisotopic (exact) mass is 259 g/mol. The van der Waals surface area contributed by atoms with E-state index in [1.165, 1.54) is 20.2 Å². The zero-order valence-electron chi connectivity index (χ0n) is 10.3. The van der Waals surface area contributed by atoms with Crippen LogP contribution in [0.15, 0.2) is 17.0 Å². The molecule has 0 spiro atoms. The Kier molecular flexibility index (Phi) is 4.00. The van der Waals surface area contributed by atoms with Crippen molar-refractivity contribution in [3.63, 3.8) is 0 Å². The van der Waals surface area contributed by atoms with Gasteiger partial charge in [-0.2, -0.15) is 0 Å². The molecule has 0 saturated heterocycles. The van der Waals surface area contributed by atoms with Crippen LogP contribution in [0.1, 0.15) is 25.3 Å². The summed E-state index contributed by atoms with van der Waals surface area (Å²) in [7, 11) is -0.939. The van der Waals surface area contributed by atoms with E-state index in [9.17, 15) is 13.5 Å². The van der Waals surface area contributed by atoms with Gasteiger partial charge in [-0.3, -0.25) is 0 Å². The standard InChI is InChI=1S/C11H17NO4S/c1-7(2)8-5-10(16-4)11(6-9(8)13)17(14,15)12-3/h5-7,12-13H,1-4H3. The van der Waals surface area contributed by atoms with Gasteiger partial charge in [0, 0.05) is 11.6 Å². The number of aromatic hydroxyl groups is 1. The van der Waals surface area contributed by atoms with E-state index < -0.39 is 10.0 Å². The van der Waals surface area contributed by atoms with Crippen molar-refractivity contribution in [3.05, 3.63) is 17.7 Å². The minimum absolute atomic E-state index is 0.0466. The Labute approximate surface area is 101 Å². The van der Waals surface area contributed by atoms with Crippen molar-refractivity contribution in [1.82, 2.24) is 4.72 Å². The molecule has 0 atom stereocenters. The smallest absolute Gasteiger partial charge is 0.244 e. The maximum absolute atomic E-state index is 11.7. The molecule has 0 aliphatic rings. The highest BCUT2D eigenvalue weighted by atomic mass is 32.2. The molecule has 0 heterocycles. The molecule has 5 nitrogen and oxygen atoms in total. The average Bonchev–Trinajstić information content (AvgIpc) is 2.28. The molecule has 6 heteroatoms. The van der Waals surface area contributed by atoms with Gasteiger partial charge in [0.2, 0.25) is 10.0 Å². The predicted octanol–water partition coefficient (Wildman–Crippen LogP) is 1.43. The van der Waals surface area contributed by atoms with E-state index in [1.54, 1.807) is 6.07 Å². The molecule has 0 bridgehead atoms. The van der Waals surface area contributed by atoms with Crippen LogP contribution in [-0.2, 0) is 10.0 Å². The zero-order chi connectivity index (χ0) is 13.2. The van der Waals surface area contributed by atoms with Gasteiger partial charge in [-0.15, -0.1) is 0 Å². The largest absolute Gasteiger partial charge is 0.508 e. The normalized spacial score (nSPS) is 11.8. The lowest BCUT2D eigenvalue weighted by Crippen LogP contribution is -2.19. The van der Waals surface area contributed by atoms with Gasteiger partial charge in [0.25, 0.3) is 0 Å². The summed E-state index contributed by atoms with van der Waals surface area (Å²) < 4.78 is 30.7. The van der Waals surface area contributed by atoms with Crippen LogP contribution in [0.4, 0.5) is 0 Å². The summed E-state index contributed by atoms with van der Waals surface area (Å²) in [6, 6.07) is 2.75. The third-order valence-electron chi connectivity index (χ3n) is 2.49. The maximum atomic E-state index is 11.7. The van der Waals surface area contributed by atoms with Crippen LogP contribution in [0.5, 0.6) is 11.5 Å². The van der Waals surface area contributed by atoms with E-state index in [2.05, 4.69) is 4.72 Å². The molecular formula is C11H17NO4S. The fourth-order valence-corrected chi connectivity index (χ4v) is 2.40. The Morgan fingerprint density at radius 3 is 2.35 bits per heavy atom. The van der Waals surface area contributed by atoms with Gasteiger partial charge in [-0.25, -0.2) is 13.1 Å². The van der Waals surface area contributed by atoms with Gasteiger partial charge < -0.3 is 9.84 Å². The van der Waals surface area contributed by atoms with Crippen molar-refractivity contribution in [2.75, 3.05) is 14.2 Å².